The number of aromatic nitrogens is 2. The molecule has 4 nitrogen and oxygen atoms in total. The first-order valence-corrected chi connectivity index (χ1v) is 7.23. The third-order valence-electron chi connectivity index (χ3n) is 2.98. The minimum atomic E-state index is -0.106. The molecule has 0 spiro atoms. The summed E-state index contributed by atoms with van der Waals surface area (Å²) in [5.74, 6) is 0.756. The van der Waals surface area contributed by atoms with Crippen molar-refractivity contribution in [3.63, 3.8) is 0 Å². The number of benzene rings is 2. The second-order valence-electron chi connectivity index (χ2n) is 4.49. The van der Waals surface area contributed by atoms with E-state index in [0.29, 0.717) is 5.56 Å². The Bertz CT molecular complexity index is 795. The number of rotatable bonds is 2. The zero-order chi connectivity index (χ0) is 14.1. The van der Waals surface area contributed by atoms with Crippen LogP contribution in [0.1, 0.15) is 16.2 Å². The normalized spacial score (nSPS) is 10.7. The molecule has 1 amide bonds. The molecule has 20 heavy (non-hydrogen) atoms. The van der Waals surface area contributed by atoms with Gasteiger partial charge >= 0.3 is 0 Å². The summed E-state index contributed by atoms with van der Waals surface area (Å²) >= 11 is 2.16. The Kier molecular flexibility index (Phi) is 3.43. The number of H-pyrrole nitrogens is 1. The quantitative estimate of drug-likeness (QED) is 0.669. The molecular weight excluding hydrogens is 365 g/mol. The van der Waals surface area contributed by atoms with Crippen LogP contribution in [0.2, 0.25) is 0 Å². The second kappa shape index (κ2) is 5.24. The van der Waals surface area contributed by atoms with Gasteiger partial charge < -0.3 is 10.3 Å². The van der Waals surface area contributed by atoms with Crippen molar-refractivity contribution in [3.05, 3.63) is 57.4 Å². The van der Waals surface area contributed by atoms with Crippen molar-refractivity contribution in [2.24, 2.45) is 0 Å². The molecule has 0 bridgehead atoms. The van der Waals surface area contributed by atoms with Gasteiger partial charge in [-0.1, -0.05) is 12.1 Å². The number of hydrogen-bond donors (Lipinski definition) is 2. The zero-order valence-corrected chi connectivity index (χ0v) is 12.9. The molecule has 1 heterocycles. The van der Waals surface area contributed by atoms with Crippen LogP contribution in [-0.4, -0.2) is 15.9 Å². The average Bonchev–Trinajstić information content (AvgIpc) is 2.78. The van der Waals surface area contributed by atoms with Gasteiger partial charge in [0.2, 0.25) is 0 Å². The van der Waals surface area contributed by atoms with E-state index in [9.17, 15) is 4.79 Å². The summed E-state index contributed by atoms with van der Waals surface area (Å²) in [5, 5.41) is 2.91. The zero-order valence-electron chi connectivity index (χ0n) is 10.8. The van der Waals surface area contributed by atoms with E-state index in [2.05, 4.69) is 37.9 Å². The monoisotopic (exact) mass is 377 g/mol. The largest absolute Gasteiger partial charge is 0.342 e. The van der Waals surface area contributed by atoms with Gasteiger partial charge in [0.1, 0.15) is 5.82 Å². The summed E-state index contributed by atoms with van der Waals surface area (Å²) in [6.07, 6.45) is 0. The van der Waals surface area contributed by atoms with Crippen LogP contribution in [0.15, 0.2) is 42.5 Å². The van der Waals surface area contributed by atoms with E-state index in [1.54, 1.807) is 0 Å². The van der Waals surface area contributed by atoms with E-state index in [-0.39, 0.29) is 5.91 Å². The second-order valence-corrected chi connectivity index (χ2v) is 5.65. The first-order valence-electron chi connectivity index (χ1n) is 6.16. The molecule has 100 valence electrons. The van der Waals surface area contributed by atoms with Crippen LogP contribution in [-0.2, 0) is 0 Å². The number of carbonyl (C=O) groups excluding carboxylic acids is 1. The molecule has 1 aromatic heterocycles. The highest BCUT2D eigenvalue weighted by Gasteiger charge is 2.10. The highest BCUT2D eigenvalue weighted by atomic mass is 127. The lowest BCUT2D eigenvalue weighted by Gasteiger charge is -2.06. The molecule has 2 aromatic carbocycles. The minimum Gasteiger partial charge on any atom is -0.342 e. The van der Waals surface area contributed by atoms with Crippen LogP contribution in [0.3, 0.4) is 0 Å². The lowest BCUT2D eigenvalue weighted by molar-refractivity contribution is 0.102. The summed E-state index contributed by atoms with van der Waals surface area (Å²) < 4.78 is 0.932. The Morgan fingerprint density at radius 2 is 2.05 bits per heavy atom. The Balaban J connectivity index is 1.89. The number of nitrogens with one attached hydrogen (secondary N) is 2. The van der Waals surface area contributed by atoms with Gasteiger partial charge in [-0.2, -0.15) is 0 Å². The molecule has 0 aliphatic carbocycles. The van der Waals surface area contributed by atoms with Crippen molar-refractivity contribution in [1.82, 2.24) is 9.97 Å². The number of hydrogen-bond acceptors (Lipinski definition) is 2. The average molecular weight is 377 g/mol. The molecule has 0 saturated carbocycles. The number of carbonyl (C=O) groups is 1. The number of amides is 1. The SMILES string of the molecule is Cc1nc2ccc(NC(=O)c3ccccc3I)cc2[nH]1. The predicted octanol–water partition coefficient (Wildman–Crippen LogP) is 3.73. The summed E-state index contributed by atoms with van der Waals surface area (Å²) in [6, 6.07) is 13.1. The van der Waals surface area contributed by atoms with Gasteiger partial charge in [-0.05, 0) is 59.8 Å². The Morgan fingerprint density at radius 1 is 1.25 bits per heavy atom. The maximum Gasteiger partial charge on any atom is 0.256 e. The van der Waals surface area contributed by atoms with Crippen molar-refractivity contribution in [3.8, 4) is 0 Å². The smallest absolute Gasteiger partial charge is 0.256 e. The van der Waals surface area contributed by atoms with E-state index < -0.39 is 0 Å². The van der Waals surface area contributed by atoms with E-state index in [0.717, 1.165) is 26.1 Å². The first-order chi connectivity index (χ1) is 9.63. The molecular formula is C15H12IN3O. The fourth-order valence-electron chi connectivity index (χ4n) is 2.06. The molecule has 3 aromatic rings. The number of nitrogens with zero attached hydrogens (tertiary/aromatic N) is 1. The molecule has 5 heteroatoms. The van der Waals surface area contributed by atoms with Gasteiger partial charge in [0, 0.05) is 9.26 Å². The van der Waals surface area contributed by atoms with E-state index >= 15 is 0 Å². The summed E-state index contributed by atoms with van der Waals surface area (Å²) in [7, 11) is 0. The number of anilines is 1. The van der Waals surface area contributed by atoms with E-state index in [1.807, 2.05) is 49.4 Å². The van der Waals surface area contributed by atoms with Crippen molar-refractivity contribution in [2.75, 3.05) is 5.32 Å². The fraction of sp³-hybridized carbons (Fsp3) is 0.0667. The van der Waals surface area contributed by atoms with Crippen LogP contribution < -0.4 is 5.32 Å². The standard InChI is InChI=1S/C15H12IN3O/c1-9-17-13-7-6-10(8-14(13)18-9)19-15(20)11-4-2-3-5-12(11)16/h2-8H,1H3,(H,17,18)(H,19,20). The third kappa shape index (κ3) is 2.53. The third-order valence-corrected chi connectivity index (χ3v) is 3.92. The lowest BCUT2D eigenvalue weighted by atomic mass is 10.2. The molecule has 0 fully saturated rings. The van der Waals surface area contributed by atoms with Gasteiger partial charge in [-0.25, -0.2) is 4.98 Å². The van der Waals surface area contributed by atoms with Crippen LogP contribution in [0, 0.1) is 10.5 Å². The van der Waals surface area contributed by atoms with E-state index in [4.69, 9.17) is 0 Å². The maximum atomic E-state index is 12.2. The minimum absolute atomic E-state index is 0.106. The van der Waals surface area contributed by atoms with Gasteiger partial charge in [-0.15, -0.1) is 0 Å². The first kappa shape index (κ1) is 13.1. The summed E-state index contributed by atoms with van der Waals surface area (Å²) in [5.41, 5.74) is 3.25. The Labute approximate surface area is 129 Å². The van der Waals surface area contributed by atoms with Crippen molar-refractivity contribution >= 4 is 45.2 Å². The van der Waals surface area contributed by atoms with Crippen LogP contribution in [0.5, 0.6) is 0 Å². The maximum absolute atomic E-state index is 12.2. The Hall–Kier alpha value is -1.89. The molecule has 2 N–H and O–H groups in total. The number of fused-ring (bicyclic) bond motifs is 1. The van der Waals surface area contributed by atoms with Gasteiger partial charge in [0.15, 0.2) is 0 Å². The number of aryl methyl sites for hydroxylation is 1. The highest BCUT2D eigenvalue weighted by molar-refractivity contribution is 14.1. The highest BCUT2D eigenvalue weighted by Crippen LogP contribution is 2.19. The number of aromatic amines is 1. The lowest BCUT2D eigenvalue weighted by Crippen LogP contribution is -2.13. The van der Waals surface area contributed by atoms with Gasteiger partial charge in [0.25, 0.3) is 5.91 Å². The molecule has 0 aliphatic heterocycles. The number of halogens is 1. The summed E-state index contributed by atoms with van der Waals surface area (Å²) in [4.78, 5) is 19.7. The molecule has 0 radical (unpaired) electrons. The molecule has 0 aliphatic rings. The van der Waals surface area contributed by atoms with Crippen molar-refractivity contribution < 1.29 is 4.79 Å². The Morgan fingerprint density at radius 3 is 2.85 bits per heavy atom. The molecule has 3 rings (SSSR count). The van der Waals surface area contributed by atoms with Crippen molar-refractivity contribution in [2.45, 2.75) is 6.92 Å². The fourth-order valence-corrected chi connectivity index (χ4v) is 2.69. The molecule has 0 unspecified atom stereocenters. The molecule has 0 saturated heterocycles. The van der Waals surface area contributed by atoms with Gasteiger partial charge in [0.05, 0.1) is 16.6 Å². The van der Waals surface area contributed by atoms with Crippen molar-refractivity contribution in [1.29, 1.82) is 0 Å². The predicted molar refractivity (Wildman–Crippen MR) is 87.9 cm³/mol. The molecule has 0 atom stereocenters. The van der Waals surface area contributed by atoms with E-state index in [1.165, 1.54) is 0 Å². The topological polar surface area (TPSA) is 57.8 Å². The number of imidazole rings is 1. The van der Waals surface area contributed by atoms with Gasteiger partial charge in [-0.3, -0.25) is 4.79 Å². The van der Waals surface area contributed by atoms with Crippen LogP contribution in [0.4, 0.5) is 5.69 Å². The van der Waals surface area contributed by atoms with Crippen LogP contribution in [0.25, 0.3) is 11.0 Å². The van der Waals surface area contributed by atoms with Crippen LogP contribution >= 0.6 is 22.6 Å². The summed E-state index contributed by atoms with van der Waals surface area (Å²) in [6.45, 7) is 1.91.